The van der Waals surface area contributed by atoms with Gasteiger partial charge in [-0.3, -0.25) is 0 Å². The van der Waals surface area contributed by atoms with Gasteiger partial charge in [0, 0.05) is 23.2 Å². The summed E-state index contributed by atoms with van der Waals surface area (Å²) in [6, 6.07) is 17.0. The molecule has 0 aliphatic heterocycles. The molecule has 4 aliphatic carbocycles. The Morgan fingerprint density at radius 1 is 0.852 bits per heavy atom. The van der Waals surface area contributed by atoms with Gasteiger partial charge >= 0.3 is 0 Å². The van der Waals surface area contributed by atoms with Crippen LogP contribution in [-0.4, -0.2) is 6.04 Å². The van der Waals surface area contributed by atoms with Crippen molar-refractivity contribution in [1.29, 1.82) is 0 Å². The lowest BCUT2D eigenvalue weighted by Crippen LogP contribution is -2.54. The van der Waals surface area contributed by atoms with E-state index in [1.807, 2.05) is 24.3 Å². The molecular formula is C24H28ClNO. The van der Waals surface area contributed by atoms with Crippen LogP contribution in [0.1, 0.15) is 43.2 Å². The molecule has 0 amide bonds. The Kier molecular flexibility index (Phi) is 4.87. The molecule has 4 fully saturated rings. The molecule has 2 nitrogen and oxygen atoms in total. The summed E-state index contributed by atoms with van der Waals surface area (Å²) in [4.78, 5) is 0. The number of ether oxygens (including phenoxy) is 1. The highest BCUT2D eigenvalue weighted by Gasteiger charge is 2.47. The fourth-order valence-electron chi connectivity index (χ4n) is 6.02. The standard InChI is InChI=1S/C24H28ClNO/c25-22-7-5-16(6-8-22)15-27-23-4-2-1-3-19(23)14-26-24-20-10-17-9-18(12-20)13-21(24)11-17/h1-8,17-18,20-21,24,26H,9-15H2. The fourth-order valence-corrected chi connectivity index (χ4v) is 6.14. The van der Waals surface area contributed by atoms with Crippen LogP contribution in [0.25, 0.3) is 0 Å². The highest BCUT2D eigenvalue weighted by atomic mass is 35.5. The summed E-state index contributed by atoms with van der Waals surface area (Å²) in [6.07, 6.45) is 7.35. The number of hydrogen-bond donors (Lipinski definition) is 1. The molecule has 4 saturated carbocycles. The zero-order chi connectivity index (χ0) is 18.2. The van der Waals surface area contributed by atoms with Crippen molar-refractivity contribution < 1.29 is 4.74 Å². The second-order valence-electron chi connectivity index (χ2n) is 8.86. The summed E-state index contributed by atoms with van der Waals surface area (Å²) < 4.78 is 6.14. The normalized spacial score (nSPS) is 31.2. The van der Waals surface area contributed by atoms with Gasteiger partial charge in [-0.25, -0.2) is 0 Å². The van der Waals surface area contributed by atoms with Crippen LogP contribution in [0.2, 0.25) is 5.02 Å². The van der Waals surface area contributed by atoms with Gasteiger partial charge in [0.1, 0.15) is 12.4 Å². The van der Waals surface area contributed by atoms with Crippen LogP contribution in [0.3, 0.4) is 0 Å². The summed E-state index contributed by atoms with van der Waals surface area (Å²) in [5.41, 5.74) is 2.41. The van der Waals surface area contributed by atoms with Gasteiger partial charge in [0.2, 0.25) is 0 Å². The first-order valence-electron chi connectivity index (χ1n) is 10.4. The molecule has 0 unspecified atom stereocenters. The Hall–Kier alpha value is -1.51. The van der Waals surface area contributed by atoms with E-state index >= 15 is 0 Å². The third kappa shape index (κ3) is 3.75. The maximum atomic E-state index is 6.14. The van der Waals surface area contributed by atoms with E-state index in [2.05, 4.69) is 29.6 Å². The van der Waals surface area contributed by atoms with Crippen molar-refractivity contribution in [2.24, 2.45) is 23.7 Å². The van der Waals surface area contributed by atoms with E-state index in [-0.39, 0.29) is 0 Å². The molecule has 0 aromatic heterocycles. The lowest BCUT2D eigenvalue weighted by molar-refractivity contribution is -0.0143. The van der Waals surface area contributed by atoms with E-state index in [1.165, 1.54) is 37.7 Å². The molecular weight excluding hydrogens is 354 g/mol. The number of nitrogens with one attached hydrogen (secondary N) is 1. The molecule has 0 spiro atoms. The summed E-state index contributed by atoms with van der Waals surface area (Å²) in [5, 5.41) is 4.69. The highest BCUT2D eigenvalue weighted by Crippen LogP contribution is 2.53. The number of para-hydroxylation sites is 1. The van der Waals surface area contributed by atoms with Gasteiger partial charge in [0.15, 0.2) is 0 Å². The lowest BCUT2D eigenvalue weighted by atomic mass is 9.54. The smallest absolute Gasteiger partial charge is 0.124 e. The van der Waals surface area contributed by atoms with Crippen LogP contribution in [0.5, 0.6) is 5.75 Å². The minimum atomic E-state index is 0.576. The van der Waals surface area contributed by atoms with Crippen LogP contribution >= 0.6 is 11.6 Å². The number of rotatable bonds is 6. The van der Waals surface area contributed by atoms with Crippen LogP contribution in [-0.2, 0) is 13.2 Å². The predicted octanol–water partition coefficient (Wildman–Crippen LogP) is 5.83. The Bertz CT molecular complexity index is 759. The van der Waals surface area contributed by atoms with Gasteiger partial charge in [0.25, 0.3) is 0 Å². The van der Waals surface area contributed by atoms with Crippen molar-refractivity contribution in [1.82, 2.24) is 5.32 Å². The first kappa shape index (κ1) is 17.6. The molecule has 0 atom stereocenters. The van der Waals surface area contributed by atoms with Gasteiger partial charge in [-0.15, -0.1) is 0 Å². The molecule has 0 radical (unpaired) electrons. The third-order valence-electron chi connectivity index (χ3n) is 7.04. The number of benzene rings is 2. The quantitative estimate of drug-likeness (QED) is 0.679. The van der Waals surface area contributed by atoms with E-state index < -0.39 is 0 Å². The van der Waals surface area contributed by atoms with Crippen molar-refractivity contribution in [3.63, 3.8) is 0 Å². The minimum Gasteiger partial charge on any atom is -0.489 e. The maximum absolute atomic E-state index is 6.14. The van der Waals surface area contributed by atoms with Crippen molar-refractivity contribution in [3.8, 4) is 5.75 Å². The van der Waals surface area contributed by atoms with Crippen LogP contribution in [0.4, 0.5) is 0 Å². The van der Waals surface area contributed by atoms with Crippen LogP contribution in [0.15, 0.2) is 48.5 Å². The van der Waals surface area contributed by atoms with E-state index in [4.69, 9.17) is 16.3 Å². The lowest BCUT2D eigenvalue weighted by Gasteiger charge is -2.54. The van der Waals surface area contributed by atoms with Gasteiger partial charge in [-0.05, 0) is 79.5 Å². The second-order valence-corrected chi connectivity index (χ2v) is 9.30. The van der Waals surface area contributed by atoms with Crippen molar-refractivity contribution in [2.45, 2.75) is 51.3 Å². The van der Waals surface area contributed by atoms with Crippen molar-refractivity contribution >= 4 is 11.6 Å². The predicted molar refractivity (Wildman–Crippen MR) is 110 cm³/mol. The summed E-state index contributed by atoms with van der Waals surface area (Å²) in [6.45, 7) is 1.48. The summed E-state index contributed by atoms with van der Waals surface area (Å²) in [5.74, 6) is 4.86. The van der Waals surface area contributed by atoms with E-state index in [9.17, 15) is 0 Å². The highest BCUT2D eigenvalue weighted by molar-refractivity contribution is 6.30. The first-order valence-corrected chi connectivity index (χ1v) is 10.8. The first-order chi connectivity index (χ1) is 13.2. The molecule has 142 valence electrons. The molecule has 4 aliphatic rings. The molecule has 1 N–H and O–H groups in total. The van der Waals surface area contributed by atoms with E-state index in [0.29, 0.717) is 12.6 Å². The Morgan fingerprint density at radius 2 is 1.52 bits per heavy atom. The van der Waals surface area contributed by atoms with Crippen molar-refractivity contribution in [3.05, 3.63) is 64.7 Å². The minimum absolute atomic E-state index is 0.576. The molecule has 2 aromatic carbocycles. The molecule has 2 aromatic rings. The van der Waals surface area contributed by atoms with Crippen LogP contribution in [0, 0.1) is 23.7 Å². The number of halogens is 1. The molecule has 0 heterocycles. The van der Waals surface area contributed by atoms with Crippen molar-refractivity contribution in [2.75, 3.05) is 0 Å². The summed E-state index contributed by atoms with van der Waals surface area (Å²) >= 11 is 5.97. The van der Waals surface area contributed by atoms with Gasteiger partial charge < -0.3 is 10.1 Å². The van der Waals surface area contributed by atoms with Gasteiger partial charge in [-0.2, -0.15) is 0 Å². The Labute approximate surface area is 167 Å². The average Bonchev–Trinajstić information content (AvgIpc) is 2.67. The monoisotopic (exact) mass is 381 g/mol. The molecule has 4 bridgehead atoms. The Balaban J connectivity index is 1.23. The maximum Gasteiger partial charge on any atom is 0.124 e. The molecule has 3 heteroatoms. The van der Waals surface area contributed by atoms with Crippen LogP contribution < -0.4 is 10.1 Å². The zero-order valence-electron chi connectivity index (χ0n) is 15.7. The Morgan fingerprint density at radius 3 is 2.22 bits per heavy atom. The molecule has 0 saturated heterocycles. The molecule has 27 heavy (non-hydrogen) atoms. The second kappa shape index (κ2) is 7.48. The third-order valence-corrected chi connectivity index (χ3v) is 7.29. The summed E-state index contributed by atoms with van der Waals surface area (Å²) in [7, 11) is 0. The average molecular weight is 382 g/mol. The topological polar surface area (TPSA) is 21.3 Å². The SMILES string of the molecule is Clc1ccc(COc2ccccc2CNC2C3CC4CC(C3)CC2C4)cc1. The van der Waals surface area contributed by atoms with E-state index in [1.54, 1.807) is 0 Å². The van der Waals surface area contributed by atoms with Gasteiger partial charge in [0.05, 0.1) is 0 Å². The molecule has 6 rings (SSSR count). The largest absolute Gasteiger partial charge is 0.489 e. The van der Waals surface area contributed by atoms with E-state index in [0.717, 1.165) is 46.6 Å². The number of hydrogen-bond acceptors (Lipinski definition) is 2. The van der Waals surface area contributed by atoms with Gasteiger partial charge in [-0.1, -0.05) is 41.9 Å². The fraction of sp³-hybridized carbons (Fsp3) is 0.500. The zero-order valence-corrected chi connectivity index (χ0v) is 16.5.